The minimum absolute atomic E-state index is 0.314. The van der Waals surface area contributed by atoms with E-state index in [-0.39, 0.29) is 0 Å². The van der Waals surface area contributed by atoms with Crippen LogP contribution >= 0.6 is 0 Å². The molecule has 0 radical (unpaired) electrons. The Morgan fingerprint density at radius 2 is 1.95 bits per heavy atom. The Morgan fingerprint density at radius 1 is 1.20 bits per heavy atom. The normalized spacial score (nSPS) is 23.9. The van der Waals surface area contributed by atoms with E-state index in [1.807, 2.05) is 6.07 Å². The van der Waals surface area contributed by atoms with Crippen molar-refractivity contribution in [1.29, 1.82) is 0 Å². The van der Waals surface area contributed by atoms with Crippen LogP contribution in [-0.2, 0) is 0 Å². The third-order valence-corrected chi connectivity index (χ3v) is 4.41. The van der Waals surface area contributed by atoms with E-state index < -0.39 is 0 Å². The first kappa shape index (κ1) is 13.6. The summed E-state index contributed by atoms with van der Waals surface area (Å²) >= 11 is 0. The summed E-state index contributed by atoms with van der Waals surface area (Å²) in [5, 5.41) is 0. The zero-order valence-corrected chi connectivity index (χ0v) is 12.5. The Bertz CT molecular complexity index is 467. The Labute approximate surface area is 121 Å². The highest BCUT2D eigenvalue weighted by molar-refractivity contribution is 5.48. The fourth-order valence-electron chi connectivity index (χ4n) is 3.25. The fraction of sp³-hybridized carbons (Fsp3) is 0.733. The van der Waals surface area contributed by atoms with Gasteiger partial charge in [0.05, 0.1) is 0 Å². The van der Waals surface area contributed by atoms with Crippen molar-refractivity contribution in [3.63, 3.8) is 0 Å². The van der Waals surface area contributed by atoms with Crippen molar-refractivity contribution in [2.24, 2.45) is 0 Å². The van der Waals surface area contributed by atoms with Gasteiger partial charge in [0, 0.05) is 31.1 Å². The van der Waals surface area contributed by atoms with Crippen LogP contribution in [0, 0.1) is 0 Å². The van der Waals surface area contributed by atoms with Crippen LogP contribution in [0.2, 0.25) is 0 Å². The highest BCUT2D eigenvalue weighted by atomic mass is 15.3. The second-order valence-corrected chi connectivity index (χ2v) is 6.30. The van der Waals surface area contributed by atoms with Gasteiger partial charge in [0.2, 0.25) is 0 Å². The third-order valence-electron chi connectivity index (χ3n) is 4.41. The Morgan fingerprint density at radius 3 is 2.65 bits per heavy atom. The van der Waals surface area contributed by atoms with Crippen LogP contribution in [-0.4, -0.2) is 47.1 Å². The van der Waals surface area contributed by atoms with Gasteiger partial charge < -0.3 is 10.6 Å². The number of nitrogens with two attached hydrogens (primary N) is 1. The summed E-state index contributed by atoms with van der Waals surface area (Å²) < 4.78 is 0. The third kappa shape index (κ3) is 2.73. The molecule has 1 atom stereocenters. The average molecular weight is 275 g/mol. The first-order valence-electron chi connectivity index (χ1n) is 7.77. The molecule has 0 aliphatic carbocycles. The standard InChI is InChI=1S/C15H25N5/c1-11(2)15-17-13(16)9-14(18-15)20-8-5-12(10-20)19-6-3-4-7-19/h9,11-12H,3-8,10H2,1-2H3,(H2,16,17,18). The van der Waals surface area contributed by atoms with Crippen LogP contribution in [0.3, 0.4) is 0 Å². The molecule has 5 heteroatoms. The largest absolute Gasteiger partial charge is 0.384 e. The molecule has 2 aliphatic heterocycles. The molecule has 2 saturated heterocycles. The monoisotopic (exact) mass is 275 g/mol. The molecule has 0 amide bonds. The predicted octanol–water partition coefficient (Wildman–Crippen LogP) is 1.86. The van der Waals surface area contributed by atoms with Gasteiger partial charge in [0.15, 0.2) is 0 Å². The van der Waals surface area contributed by atoms with Gasteiger partial charge in [-0.15, -0.1) is 0 Å². The first-order chi connectivity index (χ1) is 9.63. The number of rotatable bonds is 3. The van der Waals surface area contributed by atoms with Crippen molar-refractivity contribution in [2.75, 3.05) is 36.8 Å². The van der Waals surface area contributed by atoms with Crippen molar-refractivity contribution in [3.8, 4) is 0 Å². The topological polar surface area (TPSA) is 58.3 Å². The summed E-state index contributed by atoms with van der Waals surface area (Å²) in [6, 6.07) is 2.61. The summed E-state index contributed by atoms with van der Waals surface area (Å²) in [4.78, 5) is 14.0. The molecule has 2 fully saturated rings. The van der Waals surface area contributed by atoms with Gasteiger partial charge in [0.25, 0.3) is 0 Å². The average Bonchev–Trinajstić information content (AvgIpc) is 3.09. The van der Waals surface area contributed by atoms with E-state index in [2.05, 4.69) is 28.6 Å². The van der Waals surface area contributed by atoms with Gasteiger partial charge in [-0.2, -0.15) is 0 Å². The van der Waals surface area contributed by atoms with Gasteiger partial charge in [0.1, 0.15) is 17.5 Å². The van der Waals surface area contributed by atoms with Crippen LogP contribution in [0.15, 0.2) is 6.07 Å². The Kier molecular flexibility index (Phi) is 3.78. The lowest BCUT2D eigenvalue weighted by atomic mass is 10.2. The molecule has 5 nitrogen and oxygen atoms in total. The van der Waals surface area contributed by atoms with Crippen LogP contribution < -0.4 is 10.6 Å². The van der Waals surface area contributed by atoms with E-state index in [9.17, 15) is 0 Å². The quantitative estimate of drug-likeness (QED) is 0.912. The molecular formula is C15H25N5. The minimum atomic E-state index is 0.314. The summed E-state index contributed by atoms with van der Waals surface area (Å²) in [5.41, 5.74) is 5.93. The summed E-state index contributed by atoms with van der Waals surface area (Å²) in [6.07, 6.45) is 3.95. The van der Waals surface area contributed by atoms with Gasteiger partial charge in [-0.3, -0.25) is 4.90 Å². The van der Waals surface area contributed by atoms with Crippen LogP contribution in [0.25, 0.3) is 0 Å². The van der Waals surface area contributed by atoms with Crippen LogP contribution in [0.1, 0.15) is 44.9 Å². The van der Waals surface area contributed by atoms with Crippen molar-refractivity contribution >= 4 is 11.6 Å². The van der Waals surface area contributed by atoms with Crippen molar-refractivity contribution < 1.29 is 0 Å². The number of anilines is 2. The summed E-state index contributed by atoms with van der Waals surface area (Å²) in [7, 11) is 0. The molecule has 2 N–H and O–H groups in total. The van der Waals surface area contributed by atoms with E-state index in [1.54, 1.807) is 0 Å². The molecule has 110 valence electrons. The molecular weight excluding hydrogens is 250 g/mol. The second-order valence-electron chi connectivity index (χ2n) is 6.30. The maximum absolute atomic E-state index is 5.93. The molecule has 20 heavy (non-hydrogen) atoms. The minimum Gasteiger partial charge on any atom is -0.384 e. The van der Waals surface area contributed by atoms with Gasteiger partial charge in [-0.1, -0.05) is 13.8 Å². The van der Waals surface area contributed by atoms with E-state index in [1.165, 1.54) is 32.4 Å². The van der Waals surface area contributed by atoms with Crippen LogP contribution in [0.5, 0.6) is 0 Å². The number of nitrogen functional groups attached to an aromatic ring is 1. The molecule has 1 unspecified atom stereocenters. The first-order valence-corrected chi connectivity index (χ1v) is 7.77. The van der Waals surface area contributed by atoms with E-state index in [4.69, 9.17) is 10.7 Å². The zero-order valence-electron chi connectivity index (χ0n) is 12.5. The molecule has 1 aromatic rings. The van der Waals surface area contributed by atoms with Gasteiger partial charge >= 0.3 is 0 Å². The summed E-state index contributed by atoms with van der Waals surface area (Å²) in [5.74, 6) is 2.75. The molecule has 3 rings (SSSR count). The SMILES string of the molecule is CC(C)c1nc(N)cc(N2CCC(N3CCCC3)C2)n1. The van der Waals surface area contributed by atoms with Crippen molar-refractivity contribution in [1.82, 2.24) is 14.9 Å². The lowest BCUT2D eigenvalue weighted by Gasteiger charge is -2.24. The van der Waals surface area contributed by atoms with Gasteiger partial charge in [-0.25, -0.2) is 9.97 Å². The zero-order chi connectivity index (χ0) is 14.1. The molecule has 0 aromatic carbocycles. The van der Waals surface area contributed by atoms with Crippen molar-refractivity contribution in [2.45, 2.75) is 45.1 Å². The summed E-state index contributed by atoms with van der Waals surface area (Å²) in [6.45, 7) is 8.90. The fourth-order valence-corrected chi connectivity index (χ4v) is 3.25. The predicted molar refractivity (Wildman–Crippen MR) is 82.0 cm³/mol. The molecule has 0 bridgehead atoms. The maximum atomic E-state index is 5.93. The molecule has 1 aromatic heterocycles. The van der Waals surface area contributed by atoms with E-state index in [0.717, 1.165) is 24.7 Å². The van der Waals surface area contributed by atoms with Gasteiger partial charge in [-0.05, 0) is 32.4 Å². The molecule has 0 saturated carbocycles. The Hall–Kier alpha value is -1.36. The second kappa shape index (κ2) is 5.56. The number of likely N-dealkylation sites (tertiary alicyclic amines) is 1. The maximum Gasteiger partial charge on any atom is 0.135 e. The lowest BCUT2D eigenvalue weighted by molar-refractivity contribution is 0.260. The highest BCUT2D eigenvalue weighted by Crippen LogP contribution is 2.26. The number of hydrogen-bond donors (Lipinski definition) is 1. The highest BCUT2D eigenvalue weighted by Gasteiger charge is 2.30. The number of nitrogens with zero attached hydrogens (tertiary/aromatic N) is 4. The number of aromatic nitrogens is 2. The van der Waals surface area contributed by atoms with Crippen molar-refractivity contribution in [3.05, 3.63) is 11.9 Å². The Balaban J connectivity index is 1.73. The van der Waals surface area contributed by atoms with Crippen LogP contribution in [0.4, 0.5) is 11.6 Å². The van der Waals surface area contributed by atoms with E-state index >= 15 is 0 Å². The molecule has 0 spiro atoms. The molecule has 2 aliphatic rings. The molecule has 3 heterocycles. The lowest BCUT2D eigenvalue weighted by Crippen LogP contribution is -2.35. The smallest absolute Gasteiger partial charge is 0.135 e. The number of hydrogen-bond acceptors (Lipinski definition) is 5. The van der Waals surface area contributed by atoms with E-state index in [0.29, 0.717) is 17.8 Å².